The summed E-state index contributed by atoms with van der Waals surface area (Å²) in [5.74, 6) is 0.380. The fraction of sp³-hybridized carbons (Fsp3) is 0.308. The molecule has 0 amide bonds. The predicted molar refractivity (Wildman–Crippen MR) is 130 cm³/mol. The number of hydrogen-bond acceptors (Lipinski definition) is 5. The molecule has 1 aliphatic heterocycles. The maximum Gasteiger partial charge on any atom is 0.264 e. The summed E-state index contributed by atoms with van der Waals surface area (Å²) in [5, 5.41) is 0. The highest BCUT2D eigenvalue weighted by Gasteiger charge is 2.34. The van der Waals surface area contributed by atoms with E-state index in [1.807, 2.05) is 18.2 Å². The Labute approximate surface area is 204 Å². The number of nitrogens with zero attached hydrogens (tertiary/aromatic N) is 2. The first-order valence-corrected chi connectivity index (χ1v) is 12.8. The number of rotatable bonds is 8. The fourth-order valence-electron chi connectivity index (χ4n) is 4.49. The number of sulfonamides is 1. The number of methoxy groups -OCH3 is 2. The SMILES string of the molecule is COc1cccc(CN2CCC(N(c3ccc(F)cc3)S(=O)(=O)c3ccc(F)cc3)CC2)c1OC. The zero-order valence-corrected chi connectivity index (χ0v) is 20.5. The van der Waals surface area contributed by atoms with Crippen LogP contribution in [0.15, 0.2) is 71.6 Å². The van der Waals surface area contributed by atoms with E-state index in [4.69, 9.17) is 9.47 Å². The first-order chi connectivity index (χ1) is 16.8. The molecule has 0 bridgehead atoms. The summed E-state index contributed by atoms with van der Waals surface area (Å²) in [4.78, 5) is 2.23. The Morgan fingerprint density at radius 2 is 1.49 bits per heavy atom. The number of anilines is 1. The van der Waals surface area contributed by atoms with Gasteiger partial charge in [0, 0.05) is 31.2 Å². The van der Waals surface area contributed by atoms with Gasteiger partial charge in [-0.1, -0.05) is 12.1 Å². The van der Waals surface area contributed by atoms with Gasteiger partial charge in [0.15, 0.2) is 11.5 Å². The van der Waals surface area contributed by atoms with Crippen LogP contribution in [-0.4, -0.2) is 46.7 Å². The van der Waals surface area contributed by atoms with Crippen molar-refractivity contribution in [2.45, 2.75) is 30.3 Å². The standard InChI is InChI=1S/C26H28F2N2O4S/c1-33-25-5-3-4-19(26(25)34-2)18-29-16-14-23(15-17-29)30(22-10-6-20(27)7-11-22)35(31,32)24-12-8-21(28)9-13-24/h3-13,23H,14-18H2,1-2H3. The van der Waals surface area contributed by atoms with Crippen LogP contribution in [0, 0.1) is 11.6 Å². The fourth-order valence-corrected chi connectivity index (χ4v) is 6.19. The van der Waals surface area contributed by atoms with Gasteiger partial charge in [-0.15, -0.1) is 0 Å². The zero-order valence-electron chi connectivity index (χ0n) is 19.7. The molecule has 186 valence electrons. The van der Waals surface area contributed by atoms with Crippen LogP contribution in [0.25, 0.3) is 0 Å². The molecule has 0 saturated carbocycles. The van der Waals surface area contributed by atoms with Crippen molar-refractivity contribution in [2.75, 3.05) is 31.6 Å². The number of halogens is 2. The van der Waals surface area contributed by atoms with E-state index < -0.39 is 21.7 Å². The molecule has 0 aromatic heterocycles. The normalized spacial score (nSPS) is 15.1. The molecular weight excluding hydrogens is 474 g/mol. The third kappa shape index (κ3) is 5.41. The van der Waals surface area contributed by atoms with Gasteiger partial charge in [0.25, 0.3) is 10.0 Å². The minimum absolute atomic E-state index is 0.00762. The average molecular weight is 503 g/mol. The van der Waals surface area contributed by atoms with Crippen molar-refractivity contribution < 1.29 is 26.7 Å². The molecule has 9 heteroatoms. The highest BCUT2D eigenvalue weighted by molar-refractivity contribution is 7.92. The van der Waals surface area contributed by atoms with Crippen molar-refractivity contribution in [1.29, 1.82) is 0 Å². The third-order valence-electron chi connectivity index (χ3n) is 6.22. The average Bonchev–Trinajstić information content (AvgIpc) is 2.86. The van der Waals surface area contributed by atoms with Crippen LogP contribution in [0.5, 0.6) is 11.5 Å². The molecule has 3 aromatic carbocycles. The predicted octanol–water partition coefficient (Wildman–Crippen LogP) is 4.84. The van der Waals surface area contributed by atoms with Gasteiger partial charge in [-0.05, 0) is 67.4 Å². The largest absolute Gasteiger partial charge is 0.493 e. The summed E-state index contributed by atoms with van der Waals surface area (Å²) >= 11 is 0. The molecule has 6 nitrogen and oxygen atoms in total. The molecular formula is C26H28F2N2O4S. The van der Waals surface area contributed by atoms with Gasteiger partial charge in [0.05, 0.1) is 24.8 Å². The summed E-state index contributed by atoms with van der Waals surface area (Å²) in [6.07, 6.45) is 1.15. The molecule has 1 heterocycles. The Morgan fingerprint density at radius 1 is 0.886 bits per heavy atom. The number of para-hydroxylation sites is 1. The summed E-state index contributed by atoms with van der Waals surface area (Å²) in [6, 6.07) is 15.6. The molecule has 0 unspecified atom stereocenters. The number of ether oxygens (including phenoxy) is 2. The van der Waals surface area contributed by atoms with E-state index in [1.54, 1.807) is 14.2 Å². The topological polar surface area (TPSA) is 59.1 Å². The van der Waals surface area contributed by atoms with Crippen LogP contribution < -0.4 is 13.8 Å². The van der Waals surface area contributed by atoms with E-state index in [-0.39, 0.29) is 10.9 Å². The smallest absolute Gasteiger partial charge is 0.264 e. The Morgan fingerprint density at radius 3 is 2.06 bits per heavy atom. The molecule has 0 spiro atoms. The quantitative estimate of drug-likeness (QED) is 0.441. The number of benzene rings is 3. The highest BCUT2D eigenvalue weighted by atomic mass is 32.2. The Hall–Kier alpha value is -3.17. The van der Waals surface area contributed by atoms with Crippen molar-refractivity contribution in [3.63, 3.8) is 0 Å². The van der Waals surface area contributed by atoms with Crippen LogP contribution in [0.1, 0.15) is 18.4 Å². The number of hydrogen-bond donors (Lipinski definition) is 0. The molecule has 1 saturated heterocycles. The first kappa shape index (κ1) is 24.9. The minimum atomic E-state index is -3.99. The Balaban J connectivity index is 1.57. The van der Waals surface area contributed by atoms with Gasteiger partial charge in [-0.25, -0.2) is 17.2 Å². The zero-order chi connectivity index (χ0) is 25.0. The van der Waals surface area contributed by atoms with Crippen molar-refractivity contribution in [2.24, 2.45) is 0 Å². The second kappa shape index (κ2) is 10.6. The van der Waals surface area contributed by atoms with E-state index in [9.17, 15) is 17.2 Å². The summed E-state index contributed by atoms with van der Waals surface area (Å²) in [5.41, 5.74) is 1.36. The lowest BCUT2D eigenvalue weighted by atomic mass is 10.0. The van der Waals surface area contributed by atoms with E-state index >= 15 is 0 Å². The second-order valence-corrected chi connectivity index (χ2v) is 10.2. The van der Waals surface area contributed by atoms with E-state index in [0.717, 1.165) is 17.7 Å². The maximum absolute atomic E-state index is 13.6. The van der Waals surface area contributed by atoms with Gasteiger partial charge in [0.1, 0.15) is 11.6 Å². The number of piperidine rings is 1. The summed E-state index contributed by atoms with van der Waals surface area (Å²) in [7, 11) is -0.789. The molecule has 3 aromatic rings. The van der Waals surface area contributed by atoms with Crippen LogP contribution in [0.2, 0.25) is 0 Å². The third-order valence-corrected chi connectivity index (χ3v) is 8.11. The van der Waals surface area contributed by atoms with Gasteiger partial charge in [-0.3, -0.25) is 9.21 Å². The molecule has 0 aliphatic carbocycles. The Kier molecular flexibility index (Phi) is 7.57. The molecule has 35 heavy (non-hydrogen) atoms. The van der Waals surface area contributed by atoms with Crippen molar-refractivity contribution >= 4 is 15.7 Å². The van der Waals surface area contributed by atoms with Crippen molar-refractivity contribution in [3.05, 3.63) is 83.9 Å². The lowest BCUT2D eigenvalue weighted by molar-refractivity contribution is 0.203. The van der Waals surface area contributed by atoms with E-state index in [0.29, 0.717) is 49.7 Å². The van der Waals surface area contributed by atoms with Gasteiger partial charge in [0.2, 0.25) is 0 Å². The highest BCUT2D eigenvalue weighted by Crippen LogP contribution is 2.34. The lowest BCUT2D eigenvalue weighted by Gasteiger charge is -2.39. The van der Waals surface area contributed by atoms with Gasteiger partial charge >= 0.3 is 0 Å². The monoisotopic (exact) mass is 502 g/mol. The minimum Gasteiger partial charge on any atom is -0.493 e. The van der Waals surface area contributed by atoms with Crippen LogP contribution in [-0.2, 0) is 16.6 Å². The van der Waals surface area contributed by atoms with Gasteiger partial charge in [-0.2, -0.15) is 0 Å². The molecule has 0 radical (unpaired) electrons. The molecule has 1 fully saturated rings. The van der Waals surface area contributed by atoms with Crippen LogP contribution in [0.4, 0.5) is 14.5 Å². The maximum atomic E-state index is 13.6. The van der Waals surface area contributed by atoms with E-state index in [1.165, 1.54) is 40.7 Å². The van der Waals surface area contributed by atoms with E-state index in [2.05, 4.69) is 4.90 Å². The van der Waals surface area contributed by atoms with Crippen molar-refractivity contribution in [1.82, 2.24) is 4.90 Å². The second-order valence-electron chi connectivity index (χ2n) is 8.39. The van der Waals surface area contributed by atoms with Crippen molar-refractivity contribution in [3.8, 4) is 11.5 Å². The summed E-state index contributed by atoms with van der Waals surface area (Å²) in [6.45, 7) is 1.94. The van der Waals surface area contributed by atoms with Crippen LogP contribution >= 0.6 is 0 Å². The molecule has 0 N–H and O–H groups in total. The number of likely N-dealkylation sites (tertiary alicyclic amines) is 1. The molecule has 1 aliphatic rings. The summed E-state index contributed by atoms with van der Waals surface area (Å²) < 4.78 is 66.6. The van der Waals surface area contributed by atoms with Gasteiger partial charge < -0.3 is 9.47 Å². The first-order valence-electron chi connectivity index (χ1n) is 11.3. The molecule has 4 rings (SSSR count). The Bertz CT molecular complexity index is 1240. The van der Waals surface area contributed by atoms with Crippen LogP contribution in [0.3, 0.4) is 0 Å². The lowest BCUT2D eigenvalue weighted by Crippen LogP contribution is -2.47. The molecule has 0 atom stereocenters.